The van der Waals surface area contributed by atoms with Gasteiger partial charge in [-0.3, -0.25) is 10.1 Å². The second-order valence-electron chi connectivity index (χ2n) is 3.01. The van der Waals surface area contributed by atoms with E-state index in [0.717, 1.165) is 16.9 Å². The number of hydrogen-bond donors (Lipinski definition) is 0. The summed E-state index contributed by atoms with van der Waals surface area (Å²) in [6.45, 7) is 0. The third-order valence-corrected chi connectivity index (χ3v) is 1.97. The first kappa shape index (κ1) is 11.0. The first-order chi connectivity index (χ1) is 8.09. The number of pyridine rings is 1. The van der Waals surface area contributed by atoms with E-state index in [1.165, 1.54) is 12.4 Å². The summed E-state index contributed by atoms with van der Waals surface area (Å²) >= 11 is 0. The lowest BCUT2D eigenvalue weighted by molar-refractivity contribution is -0.385. The van der Waals surface area contributed by atoms with E-state index in [-0.39, 0.29) is 5.82 Å². The number of rotatable bonds is 3. The summed E-state index contributed by atoms with van der Waals surface area (Å²) < 4.78 is 26.5. The summed E-state index contributed by atoms with van der Waals surface area (Å²) in [5.41, 5.74) is -1.06. The van der Waals surface area contributed by atoms with Gasteiger partial charge >= 0.3 is 0 Å². The van der Waals surface area contributed by atoms with E-state index in [4.69, 9.17) is 0 Å². The van der Waals surface area contributed by atoms with Crippen LogP contribution in [0.25, 0.3) is 5.82 Å². The molecule has 9 heteroatoms. The Bertz CT molecular complexity index is 543. The Hall–Kier alpha value is -2.45. The summed E-state index contributed by atoms with van der Waals surface area (Å²) in [4.78, 5) is 13.3. The van der Waals surface area contributed by atoms with Crippen molar-refractivity contribution in [3.8, 4) is 5.82 Å². The van der Waals surface area contributed by atoms with Crippen molar-refractivity contribution in [2.45, 2.75) is 6.43 Å². The van der Waals surface area contributed by atoms with E-state index >= 15 is 0 Å². The molecular weight excluding hydrogens is 236 g/mol. The molecule has 0 saturated heterocycles. The average molecular weight is 241 g/mol. The van der Waals surface area contributed by atoms with Crippen molar-refractivity contribution in [2.75, 3.05) is 0 Å². The van der Waals surface area contributed by atoms with Gasteiger partial charge in [-0.15, -0.1) is 5.10 Å². The molecule has 7 nitrogen and oxygen atoms in total. The molecule has 0 unspecified atom stereocenters. The molecule has 0 atom stereocenters. The largest absolute Gasteiger partial charge is 0.288 e. The molecular formula is C8H5F2N5O2. The van der Waals surface area contributed by atoms with Gasteiger partial charge in [0.1, 0.15) is 6.20 Å². The van der Waals surface area contributed by atoms with Crippen molar-refractivity contribution in [2.24, 2.45) is 0 Å². The molecule has 0 N–H and O–H groups in total. The molecule has 0 aliphatic carbocycles. The Morgan fingerprint density at radius 2 is 2.24 bits per heavy atom. The number of nitro groups is 1. The van der Waals surface area contributed by atoms with E-state index in [1.54, 1.807) is 0 Å². The highest BCUT2D eigenvalue weighted by atomic mass is 19.3. The highest BCUT2D eigenvalue weighted by Gasteiger charge is 2.20. The fourth-order valence-corrected chi connectivity index (χ4v) is 1.24. The van der Waals surface area contributed by atoms with Gasteiger partial charge in [-0.25, -0.2) is 18.4 Å². The molecule has 0 spiro atoms. The van der Waals surface area contributed by atoms with Gasteiger partial charge < -0.3 is 0 Å². The van der Waals surface area contributed by atoms with Gasteiger partial charge in [0.15, 0.2) is 5.82 Å². The number of alkyl halides is 2. The molecule has 2 aromatic rings. The first-order valence-corrected chi connectivity index (χ1v) is 4.39. The van der Waals surface area contributed by atoms with Gasteiger partial charge in [-0.1, -0.05) is 5.21 Å². The standard InChI is InChI=1S/C8H5F2N5O2/c9-7(10)6-3-5(15(16)17)4-11-8(6)14-2-1-12-13-14/h1-4,7H. The fourth-order valence-electron chi connectivity index (χ4n) is 1.24. The summed E-state index contributed by atoms with van der Waals surface area (Å²) in [5.74, 6) is -0.178. The van der Waals surface area contributed by atoms with Gasteiger partial charge in [-0.05, 0) is 0 Å². The van der Waals surface area contributed by atoms with Crippen molar-refractivity contribution in [1.29, 1.82) is 0 Å². The first-order valence-electron chi connectivity index (χ1n) is 4.39. The summed E-state index contributed by atoms with van der Waals surface area (Å²) in [7, 11) is 0. The van der Waals surface area contributed by atoms with Crippen LogP contribution in [0.2, 0.25) is 0 Å². The van der Waals surface area contributed by atoms with E-state index < -0.39 is 22.6 Å². The van der Waals surface area contributed by atoms with Crippen LogP contribution in [0.4, 0.5) is 14.5 Å². The molecule has 2 heterocycles. The summed E-state index contributed by atoms with van der Waals surface area (Å²) in [5, 5.41) is 17.4. The molecule has 88 valence electrons. The minimum atomic E-state index is -2.89. The molecule has 0 amide bonds. The summed E-state index contributed by atoms with van der Waals surface area (Å²) in [6.07, 6.45) is 0.614. The molecule has 0 saturated carbocycles. The predicted octanol–water partition coefficient (Wildman–Crippen LogP) is 1.51. The maximum Gasteiger partial charge on any atom is 0.288 e. The van der Waals surface area contributed by atoms with E-state index in [9.17, 15) is 18.9 Å². The van der Waals surface area contributed by atoms with Crippen molar-refractivity contribution in [1.82, 2.24) is 20.0 Å². The molecule has 17 heavy (non-hydrogen) atoms. The maximum absolute atomic E-state index is 12.7. The van der Waals surface area contributed by atoms with Crippen LogP contribution in [-0.2, 0) is 0 Å². The van der Waals surface area contributed by atoms with Crippen LogP contribution < -0.4 is 0 Å². The normalized spacial score (nSPS) is 10.8. The smallest absolute Gasteiger partial charge is 0.258 e. The lowest BCUT2D eigenvalue weighted by atomic mass is 10.2. The molecule has 0 bridgehead atoms. The lowest BCUT2D eigenvalue weighted by Gasteiger charge is -2.06. The van der Waals surface area contributed by atoms with Crippen molar-refractivity contribution >= 4 is 5.69 Å². The Kier molecular flexibility index (Phi) is 2.73. The van der Waals surface area contributed by atoms with Crippen LogP contribution in [-0.4, -0.2) is 24.9 Å². The van der Waals surface area contributed by atoms with Crippen LogP contribution in [0.15, 0.2) is 24.7 Å². The Morgan fingerprint density at radius 3 is 2.76 bits per heavy atom. The number of hydrogen-bond acceptors (Lipinski definition) is 5. The minimum Gasteiger partial charge on any atom is -0.258 e. The SMILES string of the molecule is O=[N+]([O-])c1cnc(-n2ccnn2)c(C(F)F)c1. The Balaban J connectivity index is 2.57. The third-order valence-electron chi connectivity index (χ3n) is 1.97. The van der Waals surface area contributed by atoms with Crippen LogP contribution >= 0.6 is 0 Å². The Labute approximate surface area is 92.9 Å². The van der Waals surface area contributed by atoms with Gasteiger partial charge in [-0.2, -0.15) is 0 Å². The number of halogens is 2. The van der Waals surface area contributed by atoms with Crippen molar-refractivity contribution < 1.29 is 13.7 Å². The summed E-state index contributed by atoms with van der Waals surface area (Å²) in [6, 6.07) is 0.772. The van der Waals surface area contributed by atoms with E-state index in [1.807, 2.05) is 0 Å². The topological polar surface area (TPSA) is 86.7 Å². The second-order valence-corrected chi connectivity index (χ2v) is 3.01. The molecule has 0 aliphatic rings. The minimum absolute atomic E-state index is 0.178. The molecule has 0 aromatic carbocycles. The fraction of sp³-hybridized carbons (Fsp3) is 0.125. The van der Waals surface area contributed by atoms with Gasteiger partial charge in [0.05, 0.1) is 22.9 Å². The van der Waals surface area contributed by atoms with Crippen LogP contribution in [0.5, 0.6) is 0 Å². The van der Waals surface area contributed by atoms with Crippen molar-refractivity contribution in [3.63, 3.8) is 0 Å². The molecule has 0 radical (unpaired) electrons. The molecule has 2 aromatic heterocycles. The highest BCUT2D eigenvalue weighted by molar-refractivity contribution is 5.41. The van der Waals surface area contributed by atoms with E-state index in [2.05, 4.69) is 15.3 Å². The van der Waals surface area contributed by atoms with Crippen LogP contribution in [0.3, 0.4) is 0 Å². The quantitative estimate of drug-likeness (QED) is 0.600. The molecule has 0 aliphatic heterocycles. The third kappa shape index (κ3) is 2.07. The van der Waals surface area contributed by atoms with Crippen LogP contribution in [0, 0.1) is 10.1 Å². The maximum atomic E-state index is 12.7. The van der Waals surface area contributed by atoms with E-state index in [0.29, 0.717) is 0 Å². The van der Waals surface area contributed by atoms with Gasteiger partial charge in [0.2, 0.25) is 0 Å². The van der Waals surface area contributed by atoms with Crippen molar-refractivity contribution in [3.05, 3.63) is 40.3 Å². The molecule has 0 fully saturated rings. The van der Waals surface area contributed by atoms with Gasteiger partial charge in [0.25, 0.3) is 12.1 Å². The zero-order chi connectivity index (χ0) is 12.4. The zero-order valence-electron chi connectivity index (χ0n) is 8.20. The number of nitrogens with zero attached hydrogens (tertiary/aromatic N) is 5. The van der Waals surface area contributed by atoms with Gasteiger partial charge in [0, 0.05) is 6.07 Å². The lowest BCUT2D eigenvalue weighted by Crippen LogP contribution is -2.05. The number of aromatic nitrogens is 4. The predicted molar refractivity (Wildman–Crippen MR) is 50.8 cm³/mol. The highest BCUT2D eigenvalue weighted by Crippen LogP contribution is 2.27. The monoisotopic (exact) mass is 241 g/mol. The van der Waals surface area contributed by atoms with Crippen LogP contribution in [0.1, 0.15) is 12.0 Å². The molecule has 2 rings (SSSR count). The zero-order valence-corrected chi connectivity index (χ0v) is 8.20. The second kappa shape index (κ2) is 4.20. The Morgan fingerprint density at radius 1 is 1.47 bits per heavy atom. The average Bonchev–Trinajstić information content (AvgIpc) is 2.81.